The van der Waals surface area contributed by atoms with Gasteiger partial charge in [-0.15, -0.1) is 0 Å². The Morgan fingerprint density at radius 3 is 2.80 bits per heavy atom. The van der Waals surface area contributed by atoms with Crippen LogP contribution in [0.2, 0.25) is 0 Å². The zero-order chi connectivity index (χ0) is 14.4. The van der Waals surface area contributed by atoms with Crippen molar-refractivity contribution in [1.29, 1.82) is 0 Å². The second kappa shape index (κ2) is 6.85. The lowest BCUT2D eigenvalue weighted by molar-refractivity contribution is -0.115. The van der Waals surface area contributed by atoms with Crippen LogP contribution in [0.5, 0.6) is 0 Å². The Balaban J connectivity index is 1.81. The smallest absolute Gasteiger partial charge is 0.225 e. The van der Waals surface area contributed by atoms with Crippen molar-refractivity contribution in [3.05, 3.63) is 42.5 Å². The largest absolute Gasteiger partial charge is 0.397 e. The Bertz CT molecular complexity index is 594. The molecule has 5 nitrogen and oxygen atoms in total. The summed E-state index contributed by atoms with van der Waals surface area (Å²) in [5.41, 5.74) is 6.23. The second-order valence-electron chi connectivity index (χ2n) is 3.91. The normalized spacial score (nSPS) is 10.2. The first-order valence-electron chi connectivity index (χ1n) is 5.90. The summed E-state index contributed by atoms with van der Waals surface area (Å²) < 4.78 is 12.9. The molecule has 1 aromatic heterocycles. The van der Waals surface area contributed by atoms with Gasteiger partial charge in [0.25, 0.3) is 0 Å². The van der Waals surface area contributed by atoms with E-state index in [0.29, 0.717) is 23.0 Å². The average molecular weight is 292 g/mol. The van der Waals surface area contributed by atoms with Gasteiger partial charge in [-0.25, -0.2) is 14.4 Å². The molecular formula is C13H13FN4OS. The van der Waals surface area contributed by atoms with Crippen LogP contribution in [0.15, 0.2) is 41.8 Å². The lowest BCUT2D eigenvalue weighted by atomic mass is 10.2. The van der Waals surface area contributed by atoms with E-state index in [-0.39, 0.29) is 11.6 Å². The zero-order valence-corrected chi connectivity index (χ0v) is 11.4. The number of thioether (sulfide) groups is 1. The second-order valence-corrected chi connectivity index (χ2v) is 4.97. The quantitative estimate of drug-likeness (QED) is 0.502. The van der Waals surface area contributed by atoms with E-state index in [9.17, 15) is 9.18 Å². The highest BCUT2D eigenvalue weighted by molar-refractivity contribution is 7.99. The molecule has 0 saturated carbocycles. The van der Waals surface area contributed by atoms with E-state index in [4.69, 9.17) is 5.73 Å². The Morgan fingerprint density at radius 2 is 2.10 bits per heavy atom. The minimum absolute atomic E-state index is 0.188. The van der Waals surface area contributed by atoms with E-state index in [1.165, 1.54) is 30.0 Å². The van der Waals surface area contributed by atoms with E-state index in [1.807, 2.05) is 0 Å². The third kappa shape index (κ3) is 4.20. The molecule has 0 aliphatic rings. The number of nitrogens with two attached hydrogens (primary N) is 1. The van der Waals surface area contributed by atoms with Crippen LogP contribution in [0.1, 0.15) is 6.42 Å². The Kier molecular flexibility index (Phi) is 4.89. The first kappa shape index (κ1) is 14.3. The predicted octanol–water partition coefficient (Wildman–Crippen LogP) is 2.32. The van der Waals surface area contributed by atoms with Gasteiger partial charge in [-0.1, -0.05) is 11.8 Å². The Hall–Kier alpha value is -2.15. The number of carbonyl (C=O) groups is 1. The molecule has 0 bridgehead atoms. The fourth-order valence-electron chi connectivity index (χ4n) is 1.46. The number of nitrogen functional groups attached to an aromatic ring is 1. The molecule has 0 radical (unpaired) electrons. The standard InChI is InChI=1S/C13H13FN4OS/c14-9-2-3-11(10(15)8-9)18-12(19)4-7-20-13-16-5-1-6-17-13/h1-3,5-6,8H,4,7,15H2,(H,18,19). The van der Waals surface area contributed by atoms with E-state index < -0.39 is 5.82 Å². The molecule has 0 atom stereocenters. The third-order valence-corrected chi connectivity index (χ3v) is 3.27. The summed E-state index contributed by atoms with van der Waals surface area (Å²) in [6.07, 6.45) is 3.59. The maximum Gasteiger partial charge on any atom is 0.225 e. The molecule has 1 heterocycles. The molecule has 1 aromatic carbocycles. The first-order valence-corrected chi connectivity index (χ1v) is 6.88. The number of benzene rings is 1. The fraction of sp³-hybridized carbons (Fsp3) is 0.154. The average Bonchev–Trinajstić information content (AvgIpc) is 2.43. The van der Waals surface area contributed by atoms with Gasteiger partial charge in [0.05, 0.1) is 11.4 Å². The summed E-state index contributed by atoms with van der Waals surface area (Å²) in [6.45, 7) is 0. The molecular weight excluding hydrogens is 279 g/mol. The summed E-state index contributed by atoms with van der Waals surface area (Å²) >= 11 is 1.39. The third-order valence-electron chi connectivity index (χ3n) is 2.39. The molecule has 2 rings (SSSR count). The van der Waals surface area contributed by atoms with Crippen LogP contribution in [-0.4, -0.2) is 21.6 Å². The molecule has 1 amide bonds. The predicted molar refractivity (Wildman–Crippen MR) is 76.8 cm³/mol. The van der Waals surface area contributed by atoms with E-state index in [1.54, 1.807) is 18.5 Å². The Morgan fingerprint density at radius 1 is 1.35 bits per heavy atom. The van der Waals surface area contributed by atoms with Crippen molar-refractivity contribution < 1.29 is 9.18 Å². The number of nitrogens with one attached hydrogen (secondary N) is 1. The van der Waals surface area contributed by atoms with Crippen molar-refractivity contribution in [2.75, 3.05) is 16.8 Å². The van der Waals surface area contributed by atoms with Crippen LogP contribution in [0.3, 0.4) is 0 Å². The molecule has 0 spiro atoms. The van der Waals surface area contributed by atoms with Gasteiger partial charge in [0, 0.05) is 24.6 Å². The summed E-state index contributed by atoms with van der Waals surface area (Å²) in [4.78, 5) is 19.8. The van der Waals surface area contributed by atoms with Crippen molar-refractivity contribution in [3.8, 4) is 0 Å². The number of hydrogen-bond acceptors (Lipinski definition) is 5. The van der Waals surface area contributed by atoms with E-state index in [0.717, 1.165) is 0 Å². The minimum atomic E-state index is -0.433. The van der Waals surface area contributed by atoms with Crippen LogP contribution in [0.4, 0.5) is 15.8 Å². The monoisotopic (exact) mass is 292 g/mol. The molecule has 0 fully saturated rings. The highest BCUT2D eigenvalue weighted by Gasteiger charge is 2.07. The number of aromatic nitrogens is 2. The lowest BCUT2D eigenvalue weighted by Gasteiger charge is -2.07. The summed E-state index contributed by atoms with van der Waals surface area (Å²) in [5.74, 6) is -0.0688. The number of halogens is 1. The fourth-order valence-corrected chi connectivity index (χ4v) is 2.20. The van der Waals surface area contributed by atoms with Crippen molar-refractivity contribution >= 4 is 29.0 Å². The number of nitrogens with zero attached hydrogens (tertiary/aromatic N) is 2. The number of rotatable bonds is 5. The topological polar surface area (TPSA) is 80.9 Å². The molecule has 104 valence electrons. The SMILES string of the molecule is Nc1cc(F)ccc1NC(=O)CCSc1ncccn1. The van der Waals surface area contributed by atoms with Gasteiger partial charge >= 0.3 is 0 Å². The highest BCUT2D eigenvalue weighted by atomic mass is 32.2. The van der Waals surface area contributed by atoms with Crippen LogP contribution in [0.25, 0.3) is 0 Å². The number of amides is 1. The van der Waals surface area contributed by atoms with Gasteiger partial charge < -0.3 is 11.1 Å². The minimum Gasteiger partial charge on any atom is -0.397 e. The molecule has 7 heteroatoms. The highest BCUT2D eigenvalue weighted by Crippen LogP contribution is 2.19. The number of carbonyl (C=O) groups excluding carboxylic acids is 1. The van der Waals surface area contributed by atoms with Gasteiger partial charge in [0.1, 0.15) is 5.82 Å². The molecule has 20 heavy (non-hydrogen) atoms. The van der Waals surface area contributed by atoms with Crippen LogP contribution < -0.4 is 11.1 Å². The molecule has 0 saturated heterocycles. The van der Waals surface area contributed by atoms with E-state index in [2.05, 4.69) is 15.3 Å². The summed E-state index contributed by atoms with van der Waals surface area (Å²) in [7, 11) is 0. The van der Waals surface area contributed by atoms with Crippen molar-refractivity contribution in [2.45, 2.75) is 11.6 Å². The number of anilines is 2. The van der Waals surface area contributed by atoms with Crippen molar-refractivity contribution in [1.82, 2.24) is 9.97 Å². The van der Waals surface area contributed by atoms with Gasteiger partial charge in [-0.3, -0.25) is 4.79 Å². The van der Waals surface area contributed by atoms with Gasteiger partial charge in [0.15, 0.2) is 5.16 Å². The summed E-state index contributed by atoms with van der Waals surface area (Å²) in [6, 6.07) is 5.59. The van der Waals surface area contributed by atoms with Gasteiger partial charge in [0.2, 0.25) is 5.91 Å². The molecule has 0 unspecified atom stereocenters. The molecule has 2 aromatic rings. The molecule has 0 aliphatic carbocycles. The van der Waals surface area contributed by atoms with E-state index >= 15 is 0 Å². The summed E-state index contributed by atoms with van der Waals surface area (Å²) in [5, 5.41) is 3.27. The molecule has 3 N–H and O–H groups in total. The van der Waals surface area contributed by atoms with Crippen LogP contribution in [-0.2, 0) is 4.79 Å². The van der Waals surface area contributed by atoms with Gasteiger partial charge in [-0.05, 0) is 24.3 Å². The van der Waals surface area contributed by atoms with Crippen LogP contribution >= 0.6 is 11.8 Å². The van der Waals surface area contributed by atoms with Crippen LogP contribution in [0, 0.1) is 5.82 Å². The van der Waals surface area contributed by atoms with Gasteiger partial charge in [-0.2, -0.15) is 0 Å². The lowest BCUT2D eigenvalue weighted by Crippen LogP contribution is -2.13. The maximum absolute atomic E-state index is 12.9. The molecule has 0 aliphatic heterocycles. The Labute approximate surface area is 119 Å². The maximum atomic E-state index is 12.9. The number of hydrogen-bond donors (Lipinski definition) is 2. The zero-order valence-electron chi connectivity index (χ0n) is 10.5. The van der Waals surface area contributed by atoms with Crippen molar-refractivity contribution in [2.24, 2.45) is 0 Å². The first-order chi connectivity index (χ1) is 9.65. The van der Waals surface area contributed by atoms with Crippen molar-refractivity contribution in [3.63, 3.8) is 0 Å².